The quantitative estimate of drug-likeness (QED) is 0.785. The van der Waals surface area contributed by atoms with Crippen LogP contribution in [0.4, 0.5) is 0 Å². The molecule has 7 nitrogen and oxygen atoms in total. The fourth-order valence-electron chi connectivity index (χ4n) is 1.94. The van der Waals surface area contributed by atoms with E-state index in [9.17, 15) is 4.79 Å². The van der Waals surface area contributed by atoms with Gasteiger partial charge in [-0.25, -0.2) is 4.68 Å². The van der Waals surface area contributed by atoms with Crippen molar-refractivity contribution in [1.82, 2.24) is 23.7 Å². The normalized spacial score (nSPS) is 11.2. The summed E-state index contributed by atoms with van der Waals surface area (Å²) in [5.41, 5.74) is 2.47. The molecule has 0 amide bonds. The smallest absolute Gasteiger partial charge is 0.309 e. The van der Waals surface area contributed by atoms with Gasteiger partial charge in [0.2, 0.25) is 0 Å². The molecule has 0 spiro atoms. The molecule has 0 atom stereocenters. The second-order valence-electron chi connectivity index (χ2n) is 4.25. The van der Waals surface area contributed by atoms with Gasteiger partial charge in [0.1, 0.15) is 16.7 Å². The third-order valence-corrected chi connectivity index (χ3v) is 4.04. The van der Waals surface area contributed by atoms with E-state index in [2.05, 4.69) is 19.1 Å². The van der Waals surface area contributed by atoms with Crippen molar-refractivity contribution in [2.24, 2.45) is 0 Å². The van der Waals surface area contributed by atoms with Gasteiger partial charge in [-0.2, -0.15) is 8.75 Å². The third-order valence-electron chi connectivity index (χ3n) is 2.94. The van der Waals surface area contributed by atoms with E-state index in [1.807, 2.05) is 0 Å². The Bertz CT molecular complexity index is 860. The van der Waals surface area contributed by atoms with E-state index in [0.29, 0.717) is 38.2 Å². The number of carboxylic acids is 1. The van der Waals surface area contributed by atoms with E-state index in [-0.39, 0.29) is 6.42 Å². The number of benzene rings is 1. The molecule has 3 rings (SSSR count). The van der Waals surface area contributed by atoms with E-state index in [1.54, 1.807) is 13.0 Å². The second kappa shape index (κ2) is 5.21. The predicted molar refractivity (Wildman–Crippen MR) is 78.4 cm³/mol. The predicted octanol–water partition coefficient (Wildman–Crippen LogP) is 2.51. The van der Waals surface area contributed by atoms with Gasteiger partial charge in [-0.15, -0.1) is 5.10 Å². The van der Waals surface area contributed by atoms with Crippen LogP contribution < -0.4 is 0 Å². The fraction of sp³-hybridized carbons (Fsp3) is 0.182. The molecule has 1 N–H and O–H groups in total. The molecule has 0 saturated heterocycles. The van der Waals surface area contributed by atoms with Crippen LogP contribution in [0.2, 0.25) is 10.0 Å². The number of aliphatic carboxylic acids is 1. The Morgan fingerprint density at radius 2 is 2.05 bits per heavy atom. The van der Waals surface area contributed by atoms with Crippen LogP contribution in [0.15, 0.2) is 6.07 Å². The van der Waals surface area contributed by atoms with Crippen LogP contribution in [0.5, 0.6) is 0 Å². The Kier molecular flexibility index (Phi) is 3.52. The summed E-state index contributed by atoms with van der Waals surface area (Å²) in [6, 6.07) is 1.56. The maximum absolute atomic E-state index is 10.8. The van der Waals surface area contributed by atoms with E-state index in [4.69, 9.17) is 28.3 Å². The zero-order valence-corrected chi connectivity index (χ0v) is 12.9. The average molecular weight is 344 g/mol. The summed E-state index contributed by atoms with van der Waals surface area (Å²) in [7, 11) is 0. The Morgan fingerprint density at radius 1 is 1.33 bits per heavy atom. The molecule has 21 heavy (non-hydrogen) atoms. The highest BCUT2D eigenvalue weighted by Gasteiger charge is 2.20. The molecule has 0 aliphatic heterocycles. The molecule has 1 aromatic carbocycles. The van der Waals surface area contributed by atoms with Crippen LogP contribution in [0.1, 0.15) is 11.4 Å². The third kappa shape index (κ3) is 2.35. The van der Waals surface area contributed by atoms with Crippen LogP contribution in [-0.4, -0.2) is 34.8 Å². The van der Waals surface area contributed by atoms with Crippen LogP contribution in [-0.2, 0) is 11.2 Å². The van der Waals surface area contributed by atoms with E-state index in [1.165, 1.54) is 4.68 Å². The highest BCUT2D eigenvalue weighted by molar-refractivity contribution is 7.00. The number of fused-ring (bicyclic) bond motifs is 1. The maximum atomic E-state index is 10.8. The molecule has 3 aromatic rings. The van der Waals surface area contributed by atoms with E-state index < -0.39 is 5.97 Å². The molecule has 0 saturated carbocycles. The van der Waals surface area contributed by atoms with Crippen LogP contribution >= 0.6 is 34.9 Å². The summed E-state index contributed by atoms with van der Waals surface area (Å²) in [4.78, 5) is 10.8. The minimum absolute atomic E-state index is 0.213. The highest BCUT2D eigenvalue weighted by Crippen LogP contribution is 2.34. The molecule has 2 aromatic heterocycles. The van der Waals surface area contributed by atoms with Crippen molar-refractivity contribution in [3.8, 4) is 5.69 Å². The summed E-state index contributed by atoms with van der Waals surface area (Å²) in [6.07, 6.45) is -0.213. The van der Waals surface area contributed by atoms with Gasteiger partial charge in [0.05, 0.1) is 39.6 Å². The lowest BCUT2D eigenvalue weighted by Gasteiger charge is -2.07. The molecule has 10 heteroatoms. The molecular weight excluding hydrogens is 337 g/mol. The van der Waals surface area contributed by atoms with Crippen molar-refractivity contribution in [2.45, 2.75) is 13.3 Å². The monoisotopic (exact) mass is 343 g/mol. The Labute approximate surface area is 132 Å². The van der Waals surface area contributed by atoms with Gasteiger partial charge in [-0.3, -0.25) is 4.79 Å². The van der Waals surface area contributed by atoms with Gasteiger partial charge < -0.3 is 5.11 Å². The van der Waals surface area contributed by atoms with Crippen molar-refractivity contribution >= 4 is 51.9 Å². The first kappa shape index (κ1) is 14.2. The molecule has 108 valence electrons. The first-order chi connectivity index (χ1) is 9.99. The number of rotatable bonds is 3. The van der Waals surface area contributed by atoms with Crippen LogP contribution in [0, 0.1) is 6.92 Å². The van der Waals surface area contributed by atoms with Gasteiger partial charge >= 0.3 is 5.97 Å². The molecule has 0 aliphatic carbocycles. The van der Waals surface area contributed by atoms with Gasteiger partial charge in [-0.05, 0) is 13.0 Å². The average Bonchev–Trinajstić information content (AvgIpc) is 3.00. The molecule has 0 fully saturated rings. The lowest BCUT2D eigenvalue weighted by molar-refractivity contribution is -0.136. The fourth-order valence-corrected chi connectivity index (χ4v) is 3.13. The molecule has 0 unspecified atom stereocenters. The van der Waals surface area contributed by atoms with Crippen LogP contribution in [0.25, 0.3) is 16.7 Å². The van der Waals surface area contributed by atoms with Crippen LogP contribution in [0.3, 0.4) is 0 Å². The molecule has 0 aliphatic rings. The van der Waals surface area contributed by atoms with Gasteiger partial charge in [0.25, 0.3) is 0 Å². The number of hydrogen-bond acceptors (Lipinski definition) is 6. The SMILES string of the molecule is Cc1c(CC(=O)O)nnn1-c1c(Cl)cc(Cl)c2nsnc12. The van der Waals surface area contributed by atoms with Crippen molar-refractivity contribution < 1.29 is 9.90 Å². The standard InChI is InChI=1S/C11H7Cl2N5O2S/c1-4-7(3-8(19)20)14-17-18(4)11-6(13)2-5(12)9-10(11)16-21-15-9/h2H,3H2,1H3,(H,19,20). The van der Waals surface area contributed by atoms with Gasteiger partial charge in [0.15, 0.2) is 0 Å². The van der Waals surface area contributed by atoms with Crippen molar-refractivity contribution in [1.29, 1.82) is 0 Å². The number of halogens is 2. The first-order valence-electron chi connectivity index (χ1n) is 5.72. The summed E-state index contributed by atoms with van der Waals surface area (Å²) in [5.74, 6) is -0.979. The maximum Gasteiger partial charge on any atom is 0.309 e. The summed E-state index contributed by atoms with van der Waals surface area (Å²) in [6.45, 7) is 1.72. The lowest BCUT2D eigenvalue weighted by atomic mass is 10.2. The summed E-state index contributed by atoms with van der Waals surface area (Å²) < 4.78 is 9.76. The van der Waals surface area contributed by atoms with Gasteiger partial charge in [0, 0.05) is 0 Å². The number of carboxylic acid groups (broad SMARTS) is 1. The summed E-state index contributed by atoms with van der Waals surface area (Å²) >= 11 is 13.3. The first-order valence-corrected chi connectivity index (χ1v) is 7.21. The number of nitrogens with zero attached hydrogens (tertiary/aromatic N) is 5. The zero-order valence-electron chi connectivity index (χ0n) is 10.5. The number of aromatic nitrogens is 5. The highest BCUT2D eigenvalue weighted by atomic mass is 35.5. The van der Waals surface area contributed by atoms with Gasteiger partial charge in [-0.1, -0.05) is 28.4 Å². The Hall–Kier alpha value is -1.77. The molecular formula is C11H7Cl2N5O2S. The molecule has 0 bridgehead atoms. The number of hydrogen-bond donors (Lipinski definition) is 1. The minimum atomic E-state index is -0.979. The summed E-state index contributed by atoms with van der Waals surface area (Å²) in [5, 5.41) is 17.5. The van der Waals surface area contributed by atoms with E-state index >= 15 is 0 Å². The minimum Gasteiger partial charge on any atom is -0.481 e. The molecule has 0 radical (unpaired) electrons. The van der Waals surface area contributed by atoms with Crippen molar-refractivity contribution in [3.63, 3.8) is 0 Å². The van der Waals surface area contributed by atoms with Crippen molar-refractivity contribution in [2.75, 3.05) is 0 Å². The lowest BCUT2D eigenvalue weighted by Crippen LogP contribution is -2.04. The number of carbonyl (C=O) groups is 1. The van der Waals surface area contributed by atoms with E-state index in [0.717, 1.165) is 11.7 Å². The largest absolute Gasteiger partial charge is 0.481 e. The zero-order chi connectivity index (χ0) is 15.1. The van der Waals surface area contributed by atoms with Crippen molar-refractivity contribution in [3.05, 3.63) is 27.5 Å². The topological polar surface area (TPSA) is 93.8 Å². The Morgan fingerprint density at radius 3 is 2.76 bits per heavy atom. The molecule has 2 heterocycles. The second-order valence-corrected chi connectivity index (χ2v) is 5.60. The Balaban J connectivity index is 2.24.